The van der Waals surface area contributed by atoms with Gasteiger partial charge in [0.1, 0.15) is 34.6 Å². The van der Waals surface area contributed by atoms with Crippen LogP contribution in [0.3, 0.4) is 0 Å². The van der Waals surface area contributed by atoms with E-state index < -0.39 is 45.0 Å². The molecule has 1 aliphatic carbocycles. The Labute approximate surface area is 206 Å². The van der Waals surface area contributed by atoms with Crippen molar-refractivity contribution in [2.75, 3.05) is 14.2 Å². The van der Waals surface area contributed by atoms with Crippen LogP contribution in [0.2, 0.25) is 5.02 Å². The highest BCUT2D eigenvalue weighted by molar-refractivity contribution is 7.91. The number of benzene rings is 1. The number of para-hydroxylation sites is 1. The predicted molar refractivity (Wildman–Crippen MR) is 124 cm³/mol. The number of nitrogens with zero attached hydrogens (tertiary/aromatic N) is 5. The van der Waals surface area contributed by atoms with E-state index in [4.69, 9.17) is 21.1 Å². The van der Waals surface area contributed by atoms with Gasteiger partial charge in [0.15, 0.2) is 15.7 Å². The number of methoxy groups -OCH3 is 2. The lowest BCUT2D eigenvalue weighted by Crippen LogP contribution is -2.27. The molecule has 188 valence electrons. The van der Waals surface area contributed by atoms with Crippen molar-refractivity contribution in [2.45, 2.75) is 49.0 Å². The van der Waals surface area contributed by atoms with E-state index >= 15 is 0 Å². The number of alkyl halides is 2. The van der Waals surface area contributed by atoms with Crippen molar-refractivity contribution < 1.29 is 26.7 Å². The van der Waals surface area contributed by atoms with E-state index in [9.17, 15) is 17.2 Å². The summed E-state index contributed by atoms with van der Waals surface area (Å²) in [6, 6.07) is 4.91. The third-order valence-corrected chi connectivity index (χ3v) is 8.56. The molecular formula is C22H24ClF2N5O4S. The molecule has 1 aliphatic rings. The Morgan fingerprint density at radius 2 is 1.71 bits per heavy atom. The first-order valence-corrected chi connectivity index (χ1v) is 12.8. The van der Waals surface area contributed by atoms with Crippen molar-refractivity contribution in [3.05, 3.63) is 53.1 Å². The van der Waals surface area contributed by atoms with E-state index in [0.717, 1.165) is 0 Å². The molecule has 2 aromatic heterocycles. The molecule has 1 aromatic carbocycles. The van der Waals surface area contributed by atoms with E-state index in [0.29, 0.717) is 22.3 Å². The minimum Gasteiger partial charge on any atom is -0.494 e. The van der Waals surface area contributed by atoms with Crippen LogP contribution in [0.4, 0.5) is 8.78 Å². The van der Waals surface area contributed by atoms with Crippen molar-refractivity contribution in [1.29, 1.82) is 0 Å². The summed E-state index contributed by atoms with van der Waals surface area (Å²) in [6.45, 7) is 3.23. The second-order valence-electron chi connectivity index (χ2n) is 8.40. The molecule has 1 saturated carbocycles. The van der Waals surface area contributed by atoms with Crippen LogP contribution in [0, 0.1) is 0 Å². The van der Waals surface area contributed by atoms with Gasteiger partial charge in [-0.1, -0.05) is 24.6 Å². The van der Waals surface area contributed by atoms with Crippen molar-refractivity contribution in [3.63, 3.8) is 0 Å². The molecule has 0 N–H and O–H groups in total. The summed E-state index contributed by atoms with van der Waals surface area (Å²) < 4.78 is 67.1. The van der Waals surface area contributed by atoms with Gasteiger partial charge in [-0.15, -0.1) is 10.2 Å². The number of ether oxygens (including phenoxy) is 2. The number of hydrogen-bond acceptors (Lipinski definition) is 8. The predicted octanol–water partition coefficient (Wildman–Crippen LogP) is 3.96. The molecule has 0 unspecified atom stereocenters. The Morgan fingerprint density at radius 1 is 1.14 bits per heavy atom. The molecule has 0 saturated heterocycles. The van der Waals surface area contributed by atoms with E-state index in [2.05, 4.69) is 20.2 Å². The Bertz CT molecular complexity index is 1310. The third kappa shape index (κ3) is 4.81. The number of aromatic nitrogens is 5. The van der Waals surface area contributed by atoms with Crippen LogP contribution in [0.15, 0.2) is 30.6 Å². The molecular weight excluding hydrogens is 504 g/mol. The summed E-state index contributed by atoms with van der Waals surface area (Å²) in [6.07, 6.45) is 2.38. The van der Waals surface area contributed by atoms with Gasteiger partial charge >= 0.3 is 0 Å². The van der Waals surface area contributed by atoms with Crippen LogP contribution in [-0.2, 0) is 15.6 Å². The second-order valence-corrected chi connectivity index (χ2v) is 11.2. The Hall–Kier alpha value is -2.86. The highest BCUT2D eigenvalue weighted by Gasteiger charge is 2.60. The first-order valence-electron chi connectivity index (χ1n) is 10.7. The van der Waals surface area contributed by atoms with Crippen LogP contribution in [0.1, 0.15) is 49.6 Å². The fourth-order valence-corrected chi connectivity index (χ4v) is 5.48. The zero-order valence-corrected chi connectivity index (χ0v) is 21.0. The van der Waals surface area contributed by atoms with Crippen LogP contribution < -0.4 is 9.47 Å². The SMILES string of the molecule is COc1cccc(OC)c1-n1c(CS(=O)(=O)[C@@H](C)[C@H](C)c2ncc(Cl)cn2)nnc1[C@H]1CC1(F)F. The van der Waals surface area contributed by atoms with Gasteiger partial charge in [0.25, 0.3) is 5.92 Å². The van der Waals surface area contributed by atoms with Gasteiger partial charge in [-0.3, -0.25) is 4.57 Å². The summed E-state index contributed by atoms with van der Waals surface area (Å²) >= 11 is 5.84. The average Bonchev–Trinajstić information content (AvgIpc) is 3.28. The van der Waals surface area contributed by atoms with E-state index in [1.807, 2.05) is 0 Å². The topological polar surface area (TPSA) is 109 Å². The molecule has 13 heteroatoms. The largest absolute Gasteiger partial charge is 0.494 e. The van der Waals surface area contributed by atoms with Crippen LogP contribution >= 0.6 is 11.6 Å². The Morgan fingerprint density at radius 3 is 2.23 bits per heavy atom. The molecule has 0 amide bonds. The van der Waals surface area contributed by atoms with Gasteiger partial charge in [-0.2, -0.15) is 0 Å². The highest BCUT2D eigenvalue weighted by atomic mass is 35.5. The van der Waals surface area contributed by atoms with Gasteiger partial charge < -0.3 is 9.47 Å². The third-order valence-electron chi connectivity index (χ3n) is 6.17. The smallest absolute Gasteiger partial charge is 0.259 e. The van der Waals surface area contributed by atoms with Crippen molar-refractivity contribution in [1.82, 2.24) is 24.7 Å². The van der Waals surface area contributed by atoms with Crippen molar-refractivity contribution in [3.8, 4) is 17.2 Å². The Balaban J connectivity index is 1.77. The number of halogens is 3. The summed E-state index contributed by atoms with van der Waals surface area (Å²) in [5.41, 5.74) is 0.257. The lowest BCUT2D eigenvalue weighted by molar-refractivity contribution is 0.110. The molecule has 2 heterocycles. The van der Waals surface area contributed by atoms with E-state index in [1.165, 1.54) is 38.1 Å². The summed E-state index contributed by atoms with van der Waals surface area (Å²) in [7, 11) is -1.03. The fraction of sp³-hybridized carbons (Fsp3) is 0.455. The molecule has 35 heavy (non-hydrogen) atoms. The average molecular weight is 528 g/mol. The number of sulfone groups is 1. The zero-order valence-electron chi connectivity index (χ0n) is 19.4. The molecule has 4 rings (SSSR count). The van der Waals surface area contributed by atoms with Crippen molar-refractivity contribution in [2.24, 2.45) is 0 Å². The number of hydrogen-bond donors (Lipinski definition) is 0. The van der Waals surface area contributed by atoms with E-state index in [-0.39, 0.29) is 17.3 Å². The van der Waals surface area contributed by atoms with Crippen LogP contribution in [-0.4, -0.2) is 58.5 Å². The lowest BCUT2D eigenvalue weighted by atomic mass is 10.1. The van der Waals surface area contributed by atoms with Crippen LogP contribution in [0.5, 0.6) is 11.5 Å². The van der Waals surface area contributed by atoms with Crippen molar-refractivity contribution >= 4 is 21.4 Å². The van der Waals surface area contributed by atoms with Gasteiger partial charge in [0, 0.05) is 24.7 Å². The van der Waals surface area contributed by atoms with Gasteiger partial charge in [0.2, 0.25) is 0 Å². The first-order chi connectivity index (χ1) is 16.5. The van der Waals surface area contributed by atoms with Gasteiger partial charge in [-0.25, -0.2) is 27.2 Å². The maximum atomic E-state index is 14.1. The molecule has 0 spiro atoms. The lowest BCUT2D eigenvalue weighted by Gasteiger charge is -2.20. The van der Waals surface area contributed by atoms with E-state index in [1.54, 1.807) is 25.1 Å². The summed E-state index contributed by atoms with van der Waals surface area (Å²) in [4.78, 5) is 8.25. The molecule has 3 aromatic rings. The normalized spacial score (nSPS) is 18.7. The minimum absolute atomic E-state index is 0.0263. The van der Waals surface area contributed by atoms with Crippen LogP contribution in [0.25, 0.3) is 5.69 Å². The quantitative estimate of drug-likeness (QED) is 0.411. The fourth-order valence-electron chi connectivity index (χ4n) is 3.83. The monoisotopic (exact) mass is 527 g/mol. The summed E-state index contributed by atoms with van der Waals surface area (Å²) in [5, 5.41) is 7.41. The zero-order chi connectivity index (χ0) is 25.5. The Kier molecular flexibility index (Phi) is 6.71. The summed E-state index contributed by atoms with van der Waals surface area (Å²) in [5.74, 6) is -4.44. The highest BCUT2D eigenvalue weighted by Crippen LogP contribution is 2.56. The molecule has 0 radical (unpaired) electrons. The second kappa shape index (κ2) is 9.30. The molecule has 0 bridgehead atoms. The minimum atomic E-state index is -3.87. The van der Waals surface area contributed by atoms with Gasteiger partial charge in [-0.05, 0) is 19.1 Å². The molecule has 3 atom stereocenters. The maximum Gasteiger partial charge on any atom is 0.259 e. The number of rotatable bonds is 9. The standard InChI is InChI=1S/C22H24ClF2N5O4S/c1-12(20-26-9-14(23)10-27-20)13(2)35(31,32)11-18-28-29-21(15-8-22(15,24)25)30(18)19-16(33-3)6-5-7-17(19)34-4/h5-7,9-10,12-13,15H,8,11H2,1-4H3/t12-,13-,15+/m0/s1. The van der Waals surface area contributed by atoms with Gasteiger partial charge in [0.05, 0.1) is 30.4 Å². The maximum absolute atomic E-state index is 14.1. The molecule has 1 fully saturated rings. The first kappa shape index (κ1) is 25.2. The molecule has 9 nitrogen and oxygen atoms in total. The molecule has 0 aliphatic heterocycles.